The van der Waals surface area contributed by atoms with E-state index in [1.165, 1.54) is 6.07 Å². The van der Waals surface area contributed by atoms with E-state index in [1.54, 1.807) is 24.4 Å². The highest BCUT2D eigenvalue weighted by atomic mass is 16.3. The summed E-state index contributed by atoms with van der Waals surface area (Å²) in [5.74, 6) is 0.203. The van der Waals surface area contributed by atoms with Gasteiger partial charge in [-0.25, -0.2) is 0 Å². The van der Waals surface area contributed by atoms with Crippen LogP contribution in [0, 0.1) is 0 Å². The highest BCUT2D eigenvalue weighted by molar-refractivity contribution is 5.82. The summed E-state index contributed by atoms with van der Waals surface area (Å²) in [6, 6.07) is 6.36. The molecule has 0 aliphatic heterocycles. The lowest BCUT2D eigenvalue weighted by Gasteiger charge is -1.95. The van der Waals surface area contributed by atoms with E-state index in [1.807, 2.05) is 0 Å². The molecule has 0 saturated heterocycles. The summed E-state index contributed by atoms with van der Waals surface area (Å²) >= 11 is 0. The first-order valence-corrected chi connectivity index (χ1v) is 3.57. The Kier molecular flexibility index (Phi) is 1.37. The summed E-state index contributed by atoms with van der Waals surface area (Å²) in [6.45, 7) is 0. The van der Waals surface area contributed by atoms with Crippen molar-refractivity contribution in [1.29, 1.82) is 0 Å². The summed E-state index contributed by atoms with van der Waals surface area (Å²) < 4.78 is 0. The zero-order chi connectivity index (χ0) is 8.55. The Bertz CT molecular complexity index is 473. The van der Waals surface area contributed by atoms with Crippen molar-refractivity contribution < 1.29 is 5.11 Å². The second kappa shape index (κ2) is 2.37. The van der Waals surface area contributed by atoms with E-state index in [4.69, 9.17) is 5.11 Å². The van der Waals surface area contributed by atoms with Gasteiger partial charge < -0.3 is 10.1 Å². The lowest BCUT2D eigenvalue weighted by atomic mass is 10.2. The van der Waals surface area contributed by atoms with E-state index in [0.717, 1.165) is 10.8 Å². The van der Waals surface area contributed by atoms with E-state index in [0.29, 0.717) is 0 Å². The number of phenols is 1. The summed E-state index contributed by atoms with van der Waals surface area (Å²) in [5, 5.41) is 10.8. The molecule has 0 radical (unpaired) electrons. The van der Waals surface area contributed by atoms with Gasteiger partial charge in [0.2, 0.25) is 5.56 Å². The first-order chi connectivity index (χ1) is 5.75. The van der Waals surface area contributed by atoms with Crippen LogP contribution < -0.4 is 5.56 Å². The molecule has 0 atom stereocenters. The Labute approximate surface area is 68.3 Å². The third-order valence-corrected chi connectivity index (χ3v) is 1.73. The number of aromatic nitrogens is 1. The summed E-state index contributed by atoms with van der Waals surface area (Å²) in [6.07, 6.45) is 1.58. The van der Waals surface area contributed by atoms with E-state index in [2.05, 4.69) is 4.98 Å². The second-order valence-corrected chi connectivity index (χ2v) is 2.61. The molecule has 0 spiro atoms. The van der Waals surface area contributed by atoms with Gasteiger partial charge in [-0.05, 0) is 17.5 Å². The maximum absolute atomic E-state index is 10.9. The summed E-state index contributed by atoms with van der Waals surface area (Å²) in [4.78, 5) is 13.4. The Morgan fingerprint density at radius 2 is 2.00 bits per heavy atom. The molecule has 60 valence electrons. The fourth-order valence-electron chi connectivity index (χ4n) is 1.15. The lowest BCUT2D eigenvalue weighted by molar-refractivity contribution is 0.476. The summed E-state index contributed by atoms with van der Waals surface area (Å²) in [5.41, 5.74) is -0.131. The van der Waals surface area contributed by atoms with Crippen LogP contribution in [0.3, 0.4) is 0 Å². The quantitative estimate of drug-likeness (QED) is 0.610. The molecule has 0 amide bonds. The Hall–Kier alpha value is -1.77. The lowest BCUT2D eigenvalue weighted by Crippen LogP contribution is -2.01. The van der Waals surface area contributed by atoms with Crippen LogP contribution in [0.1, 0.15) is 0 Å². The number of rotatable bonds is 0. The molecule has 1 heterocycles. The second-order valence-electron chi connectivity index (χ2n) is 2.61. The van der Waals surface area contributed by atoms with Gasteiger partial charge in [0.05, 0.1) is 0 Å². The van der Waals surface area contributed by atoms with Crippen LogP contribution >= 0.6 is 0 Å². The van der Waals surface area contributed by atoms with Crippen molar-refractivity contribution in [3.8, 4) is 5.75 Å². The maximum Gasteiger partial charge on any atom is 0.248 e. The predicted octanol–water partition coefficient (Wildman–Crippen LogP) is 1.23. The predicted molar refractivity (Wildman–Crippen MR) is 46.2 cm³/mol. The molecule has 0 saturated carbocycles. The Morgan fingerprint density at radius 1 is 1.17 bits per heavy atom. The van der Waals surface area contributed by atoms with Gasteiger partial charge in [-0.2, -0.15) is 0 Å². The van der Waals surface area contributed by atoms with Crippen LogP contribution in [0.4, 0.5) is 0 Å². The number of nitrogens with one attached hydrogen (secondary N) is 1. The van der Waals surface area contributed by atoms with Crippen molar-refractivity contribution in [3.63, 3.8) is 0 Å². The topological polar surface area (TPSA) is 53.1 Å². The SMILES string of the molecule is O=c1cc2ccc(O)cc2c[nH]1. The van der Waals surface area contributed by atoms with Crippen LogP contribution in [0.5, 0.6) is 5.75 Å². The summed E-state index contributed by atoms with van der Waals surface area (Å²) in [7, 11) is 0. The number of hydrogen-bond donors (Lipinski definition) is 2. The van der Waals surface area contributed by atoms with Crippen molar-refractivity contribution in [1.82, 2.24) is 4.98 Å². The average Bonchev–Trinajstić information content (AvgIpc) is 2.05. The molecule has 2 rings (SSSR count). The maximum atomic E-state index is 10.9. The molecule has 0 bridgehead atoms. The fourth-order valence-corrected chi connectivity index (χ4v) is 1.15. The Balaban J connectivity index is 2.87. The van der Waals surface area contributed by atoms with E-state index in [-0.39, 0.29) is 11.3 Å². The number of phenolic OH excluding ortho intramolecular Hbond substituents is 1. The fraction of sp³-hybridized carbons (Fsp3) is 0. The van der Waals surface area contributed by atoms with E-state index in [9.17, 15) is 4.79 Å². The largest absolute Gasteiger partial charge is 0.508 e. The minimum absolute atomic E-state index is 0.131. The highest BCUT2D eigenvalue weighted by Crippen LogP contribution is 2.16. The van der Waals surface area contributed by atoms with Crippen LogP contribution in [-0.4, -0.2) is 10.1 Å². The molecule has 0 fully saturated rings. The first-order valence-electron chi connectivity index (χ1n) is 3.57. The van der Waals surface area contributed by atoms with Gasteiger partial charge in [0, 0.05) is 17.6 Å². The van der Waals surface area contributed by atoms with Gasteiger partial charge in [0.1, 0.15) is 5.75 Å². The number of benzene rings is 1. The minimum Gasteiger partial charge on any atom is -0.508 e. The van der Waals surface area contributed by atoms with Gasteiger partial charge in [-0.1, -0.05) is 6.07 Å². The highest BCUT2D eigenvalue weighted by Gasteiger charge is 1.94. The van der Waals surface area contributed by atoms with Crippen molar-refractivity contribution in [2.24, 2.45) is 0 Å². The molecule has 0 aliphatic rings. The third kappa shape index (κ3) is 1.05. The zero-order valence-corrected chi connectivity index (χ0v) is 6.24. The molecule has 2 N–H and O–H groups in total. The van der Waals surface area contributed by atoms with Crippen LogP contribution in [-0.2, 0) is 0 Å². The minimum atomic E-state index is -0.131. The molecule has 0 unspecified atom stereocenters. The normalized spacial score (nSPS) is 10.3. The molecule has 12 heavy (non-hydrogen) atoms. The number of aromatic amines is 1. The number of pyridine rings is 1. The van der Waals surface area contributed by atoms with Crippen LogP contribution in [0.15, 0.2) is 35.3 Å². The Morgan fingerprint density at radius 3 is 2.83 bits per heavy atom. The molecular weight excluding hydrogens is 154 g/mol. The molecule has 3 heteroatoms. The molecule has 3 nitrogen and oxygen atoms in total. The smallest absolute Gasteiger partial charge is 0.248 e. The third-order valence-electron chi connectivity index (χ3n) is 1.73. The van der Waals surface area contributed by atoms with Crippen molar-refractivity contribution in [3.05, 3.63) is 40.8 Å². The molecule has 1 aromatic heterocycles. The number of H-pyrrole nitrogens is 1. The van der Waals surface area contributed by atoms with E-state index >= 15 is 0 Å². The van der Waals surface area contributed by atoms with Gasteiger partial charge >= 0.3 is 0 Å². The van der Waals surface area contributed by atoms with Crippen molar-refractivity contribution in [2.75, 3.05) is 0 Å². The van der Waals surface area contributed by atoms with Crippen LogP contribution in [0.25, 0.3) is 10.8 Å². The molecule has 1 aromatic carbocycles. The van der Waals surface area contributed by atoms with Gasteiger partial charge in [0.25, 0.3) is 0 Å². The number of aromatic hydroxyl groups is 1. The number of fused-ring (bicyclic) bond motifs is 1. The zero-order valence-electron chi connectivity index (χ0n) is 6.24. The molecule has 0 aliphatic carbocycles. The monoisotopic (exact) mass is 161 g/mol. The standard InChI is InChI=1S/C9H7NO2/c11-8-2-1-6-4-9(12)10-5-7(6)3-8/h1-5,11H,(H,10,12). The molecule has 2 aromatic rings. The molecular formula is C9H7NO2. The van der Waals surface area contributed by atoms with Gasteiger partial charge in [-0.3, -0.25) is 4.79 Å². The van der Waals surface area contributed by atoms with Crippen molar-refractivity contribution in [2.45, 2.75) is 0 Å². The van der Waals surface area contributed by atoms with Crippen LogP contribution in [0.2, 0.25) is 0 Å². The van der Waals surface area contributed by atoms with Gasteiger partial charge in [0.15, 0.2) is 0 Å². The van der Waals surface area contributed by atoms with E-state index < -0.39 is 0 Å². The van der Waals surface area contributed by atoms with Crippen molar-refractivity contribution >= 4 is 10.8 Å². The first kappa shape index (κ1) is 6.91. The average molecular weight is 161 g/mol. The van der Waals surface area contributed by atoms with Gasteiger partial charge in [-0.15, -0.1) is 0 Å². The number of hydrogen-bond acceptors (Lipinski definition) is 2.